The van der Waals surface area contributed by atoms with Crippen LogP contribution in [0.25, 0.3) is 0 Å². The summed E-state index contributed by atoms with van der Waals surface area (Å²) in [6.07, 6.45) is -0.749. The third kappa shape index (κ3) is 6.24. The van der Waals surface area contributed by atoms with Gasteiger partial charge in [-0.05, 0) is 50.8 Å². The lowest BCUT2D eigenvalue weighted by Gasteiger charge is -2.31. The number of aromatic nitrogens is 1. The van der Waals surface area contributed by atoms with E-state index in [1.807, 2.05) is 4.90 Å². The molecule has 2 aliphatic rings. The number of nitrogens with zero attached hydrogens (tertiary/aromatic N) is 3. The molecule has 36 heavy (non-hydrogen) atoms. The molecule has 2 fully saturated rings. The minimum atomic E-state index is -4.51. The lowest BCUT2D eigenvalue weighted by atomic mass is 9.97. The zero-order valence-electron chi connectivity index (χ0n) is 20.1. The maximum atomic E-state index is 13.3. The van der Waals surface area contributed by atoms with Gasteiger partial charge in [0, 0.05) is 50.3 Å². The summed E-state index contributed by atoms with van der Waals surface area (Å²) in [6.45, 7) is 4.05. The monoisotopic (exact) mass is 522 g/mol. The van der Waals surface area contributed by atoms with Crippen molar-refractivity contribution >= 4 is 40.3 Å². The van der Waals surface area contributed by atoms with Gasteiger partial charge in [-0.15, -0.1) is 11.3 Å². The number of hydrogen-bond acceptors (Lipinski definition) is 6. The Hall–Kier alpha value is -2.95. The summed E-state index contributed by atoms with van der Waals surface area (Å²) >= 11 is 1.35. The number of Topliss-reactive ketones (excluding diaryl/α,β-unsaturated/α-hetero) is 1. The molecule has 11 heteroatoms. The van der Waals surface area contributed by atoms with Crippen LogP contribution < -0.4 is 10.2 Å². The van der Waals surface area contributed by atoms with E-state index in [2.05, 4.69) is 10.3 Å². The van der Waals surface area contributed by atoms with Crippen LogP contribution in [-0.4, -0.2) is 53.7 Å². The number of halogens is 3. The van der Waals surface area contributed by atoms with Crippen molar-refractivity contribution in [2.75, 3.05) is 36.4 Å². The summed E-state index contributed by atoms with van der Waals surface area (Å²) < 4.78 is 40.0. The molecule has 0 saturated carbocycles. The molecular formula is C25H29F3N4O3S. The van der Waals surface area contributed by atoms with E-state index in [-0.39, 0.29) is 41.8 Å². The van der Waals surface area contributed by atoms with E-state index in [0.29, 0.717) is 31.6 Å². The molecule has 2 saturated heterocycles. The summed E-state index contributed by atoms with van der Waals surface area (Å²) in [4.78, 5) is 44.6. The summed E-state index contributed by atoms with van der Waals surface area (Å²) in [5.41, 5.74) is 0.0545. The number of likely N-dealkylation sites (tertiary alicyclic amines) is 1. The van der Waals surface area contributed by atoms with Crippen LogP contribution in [0.3, 0.4) is 0 Å². The van der Waals surface area contributed by atoms with E-state index in [4.69, 9.17) is 0 Å². The molecule has 3 heterocycles. The molecule has 0 bridgehead atoms. The fourth-order valence-corrected chi connectivity index (χ4v) is 5.60. The van der Waals surface area contributed by atoms with Crippen molar-refractivity contribution in [1.29, 1.82) is 0 Å². The van der Waals surface area contributed by atoms with Crippen molar-refractivity contribution in [3.63, 3.8) is 0 Å². The molecule has 0 aliphatic carbocycles. The van der Waals surface area contributed by atoms with Gasteiger partial charge in [0.2, 0.25) is 5.91 Å². The molecule has 194 valence electrons. The average Bonchev–Trinajstić information content (AvgIpc) is 3.55. The first-order valence-electron chi connectivity index (χ1n) is 12.1. The molecular weight excluding hydrogens is 493 g/mol. The first-order valence-corrected chi connectivity index (χ1v) is 13.0. The van der Waals surface area contributed by atoms with Crippen LogP contribution in [0.1, 0.15) is 72.4 Å². The molecule has 1 aromatic carbocycles. The van der Waals surface area contributed by atoms with Gasteiger partial charge >= 0.3 is 6.18 Å². The van der Waals surface area contributed by atoms with Crippen LogP contribution in [0.4, 0.5) is 24.5 Å². The number of carbonyl (C=O) groups excluding carboxylic acids is 3. The molecule has 7 nitrogen and oxygen atoms in total. The minimum absolute atomic E-state index is 0.00971. The van der Waals surface area contributed by atoms with Gasteiger partial charge in [0.25, 0.3) is 5.91 Å². The van der Waals surface area contributed by atoms with Crippen LogP contribution in [0.2, 0.25) is 0 Å². The van der Waals surface area contributed by atoms with Crippen LogP contribution >= 0.6 is 11.3 Å². The standard InChI is InChI=1S/C25H29F3N4O3S/c1-16(33)4-7-22(34)32-12-8-17(9-13-32)24-30-20(15-36-24)23(35)29-19-14-18(25(26,27)28)5-6-21(19)31-10-2-3-11-31/h5-6,14-15,17H,2-4,7-13H2,1H3,(H,29,35). The fourth-order valence-electron chi connectivity index (χ4n) is 4.63. The summed E-state index contributed by atoms with van der Waals surface area (Å²) in [5, 5.41) is 5.06. The first-order chi connectivity index (χ1) is 17.1. The number of anilines is 2. The van der Waals surface area contributed by atoms with Crippen molar-refractivity contribution < 1.29 is 27.6 Å². The highest BCUT2D eigenvalue weighted by Gasteiger charge is 2.32. The quantitative estimate of drug-likeness (QED) is 0.548. The van der Waals surface area contributed by atoms with Crippen LogP contribution in [0.5, 0.6) is 0 Å². The number of carbonyl (C=O) groups is 3. The Morgan fingerprint density at radius 3 is 2.42 bits per heavy atom. The number of piperidine rings is 1. The number of alkyl halides is 3. The van der Waals surface area contributed by atoms with E-state index < -0.39 is 17.6 Å². The predicted molar refractivity (Wildman–Crippen MR) is 131 cm³/mol. The number of benzene rings is 1. The SMILES string of the molecule is CC(=O)CCC(=O)N1CCC(c2nc(C(=O)Nc3cc(C(F)(F)F)ccc3N3CCCC3)cs2)CC1. The van der Waals surface area contributed by atoms with Crippen LogP contribution in [0.15, 0.2) is 23.6 Å². The molecule has 1 N–H and O–H groups in total. The van der Waals surface area contributed by atoms with Gasteiger partial charge in [0.05, 0.1) is 21.9 Å². The maximum Gasteiger partial charge on any atom is 0.416 e. The van der Waals surface area contributed by atoms with E-state index in [0.717, 1.165) is 43.1 Å². The zero-order chi connectivity index (χ0) is 25.9. The molecule has 2 aromatic rings. The topological polar surface area (TPSA) is 82.6 Å². The molecule has 4 rings (SSSR count). The zero-order valence-corrected chi connectivity index (χ0v) is 20.9. The van der Waals surface area contributed by atoms with E-state index >= 15 is 0 Å². The van der Waals surface area contributed by atoms with Gasteiger partial charge in [0.15, 0.2) is 0 Å². The largest absolute Gasteiger partial charge is 0.416 e. The molecule has 0 spiro atoms. The molecule has 0 unspecified atom stereocenters. The highest BCUT2D eigenvalue weighted by molar-refractivity contribution is 7.10. The van der Waals surface area contributed by atoms with Crippen molar-refractivity contribution in [3.05, 3.63) is 39.8 Å². The highest BCUT2D eigenvalue weighted by Crippen LogP contribution is 2.37. The third-order valence-corrected chi connectivity index (χ3v) is 7.67. The molecule has 0 radical (unpaired) electrons. The van der Waals surface area contributed by atoms with E-state index in [1.165, 1.54) is 24.3 Å². The van der Waals surface area contributed by atoms with Crippen molar-refractivity contribution in [3.8, 4) is 0 Å². The third-order valence-electron chi connectivity index (χ3n) is 6.66. The number of hydrogen-bond donors (Lipinski definition) is 1. The van der Waals surface area contributed by atoms with Gasteiger partial charge in [-0.1, -0.05) is 0 Å². The number of rotatable bonds is 7. The molecule has 2 aliphatic heterocycles. The number of thiazole rings is 1. The number of amides is 2. The second-order valence-corrected chi connectivity index (χ2v) is 10.2. The lowest BCUT2D eigenvalue weighted by Crippen LogP contribution is -2.38. The van der Waals surface area contributed by atoms with Gasteiger partial charge in [-0.2, -0.15) is 13.2 Å². The Labute approximate surface area is 211 Å². The van der Waals surface area contributed by atoms with Crippen molar-refractivity contribution in [2.24, 2.45) is 0 Å². The Morgan fingerprint density at radius 2 is 1.78 bits per heavy atom. The normalized spacial score (nSPS) is 16.9. The Balaban J connectivity index is 1.42. The van der Waals surface area contributed by atoms with Gasteiger partial charge in [0.1, 0.15) is 11.5 Å². The van der Waals surface area contributed by atoms with Crippen LogP contribution in [0, 0.1) is 0 Å². The highest BCUT2D eigenvalue weighted by atomic mass is 32.1. The molecule has 2 amide bonds. The molecule has 0 atom stereocenters. The average molecular weight is 523 g/mol. The van der Waals surface area contributed by atoms with Crippen molar-refractivity contribution in [1.82, 2.24) is 9.88 Å². The second-order valence-electron chi connectivity index (χ2n) is 9.31. The van der Waals surface area contributed by atoms with Gasteiger partial charge in [-0.3, -0.25) is 9.59 Å². The minimum Gasteiger partial charge on any atom is -0.370 e. The smallest absolute Gasteiger partial charge is 0.370 e. The first kappa shape index (κ1) is 26.1. The second kappa shape index (κ2) is 11.0. The molecule has 1 aromatic heterocycles. The number of nitrogens with one attached hydrogen (secondary N) is 1. The predicted octanol–water partition coefficient (Wildman–Crippen LogP) is 5.09. The van der Waals surface area contributed by atoms with E-state index in [9.17, 15) is 27.6 Å². The van der Waals surface area contributed by atoms with Crippen molar-refractivity contribution in [2.45, 2.75) is 57.5 Å². The summed E-state index contributed by atoms with van der Waals surface area (Å²) in [5.74, 6) is -0.487. The van der Waals surface area contributed by atoms with Gasteiger partial charge < -0.3 is 19.9 Å². The Morgan fingerprint density at radius 1 is 1.08 bits per heavy atom. The summed E-state index contributed by atoms with van der Waals surface area (Å²) in [6, 6.07) is 3.45. The number of ketones is 1. The van der Waals surface area contributed by atoms with Gasteiger partial charge in [-0.25, -0.2) is 4.98 Å². The van der Waals surface area contributed by atoms with Crippen LogP contribution in [-0.2, 0) is 15.8 Å². The Bertz CT molecular complexity index is 1120. The fraction of sp³-hybridized carbons (Fsp3) is 0.520. The Kier molecular flexibility index (Phi) is 7.97. The lowest BCUT2D eigenvalue weighted by molar-refractivity contribution is -0.137. The summed E-state index contributed by atoms with van der Waals surface area (Å²) in [7, 11) is 0. The maximum absolute atomic E-state index is 13.3. The van der Waals surface area contributed by atoms with E-state index in [1.54, 1.807) is 10.3 Å².